The molecule has 2 atom stereocenters. The first-order valence-electron chi connectivity index (χ1n) is 7.43. The van der Waals surface area contributed by atoms with Gasteiger partial charge in [-0.2, -0.15) is 0 Å². The van der Waals surface area contributed by atoms with Crippen LogP contribution < -0.4 is 0 Å². The molecule has 0 amide bonds. The highest BCUT2D eigenvalue weighted by Crippen LogP contribution is 2.31. The van der Waals surface area contributed by atoms with Crippen LogP contribution in [0.3, 0.4) is 0 Å². The number of esters is 2. The number of rotatable bonds is 2. The van der Waals surface area contributed by atoms with Gasteiger partial charge in [0.15, 0.2) is 5.78 Å². The lowest BCUT2D eigenvalue weighted by atomic mass is 9.90. The molecule has 1 N–H and O–H groups in total. The maximum atomic E-state index is 12.2. The Labute approximate surface area is 134 Å². The summed E-state index contributed by atoms with van der Waals surface area (Å²) in [6.45, 7) is 6.35. The lowest BCUT2D eigenvalue weighted by Crippen LogP contribution is -2.24. The van der Waals surface area contributed by atoms with E-state index in [0.717, 1.165) is 0 Å². The van der Waals surface area contributed by atoms with E-state index in [1.54, 1.807) is 13.0 Å². The highest BCUT2D eigenvalue weighted by atomic mass is 16.6. The quantitative estimate of drug-likeness (QED) is 0.470. The molecular formula is C17H20O6. The number of hydrogen-bond donors (Lipinski definition) is 1. The van der Waals surface area contributed by atoms with E-state index in [-0.39, 0.29) is 17.8 Å². The monoisotopic (exact) mass is 320 g/mol. The number of carbonyl (C=O) groups excluding carboxylic acids is 3. The van der Waals surface area contributed by atoms with E-state index in [1.807, 2.05) is 0 Å². The van der Waals surface area contributed by atoms with E-state index in [0.29, 0.717) is 29.6 Å². The van der Waals surface area contributed by atoms with Gasteiger partial charge < -0.3 is 14.6 Å². The average Bonchev–Trinajstić information content (AvgIpc) is 2.77. The van der Waals surface area contributed by atoms with Crippen LogP contribution in [-0.2, 0) is 23.9 Å². The fourth-order valence-electron chi connectivity index (χ4n) is 2.73. The molecule has 6 heteroatoms. The van der Waals surface area contributed by atoms with Crippen LogP contribution in [0.25, 0.3) is 0 Å². The van der Waals surface area contributed by atoms with Gasteiger partial charge in [0.25, 0.3) is 0 Å². The Morgan fingerprint density at radius 2 is 2.13 bits per heavy atom. The number of fused-ring (bicyclic) bond motifs is 1. The minimum Gasteiger partial charge on any atom is -0.458 e. The van der Waals surface area contributed by atoms with Gasteiger partial charge in [-0.05, 0) is 42.6 Å². The largest absolute Gasteiger partial charge is 0.458 e. The molecule has 0 aromatic rings. The van der Waals surface area contributed by atoms with Gasteiger partial charge in [-0.25, -0.2) is 4.79 Å². The standard InChI is InChI=1S/C17H20O6/c1-9-4-5-12-13(8-18)17(21)23-16(12)6-10(2)15(7-14(9)20)22-11(3)19/h6,15-16,18H,1,4-5,7-8H2,2-3H3/b10-6+/t15-,16-/m1/s1. The minimum atomic E-state index is -0.715. The number of allylic oxidation sites excluding steroid dienone is 1. The molecule has 0 aromatic carbocycles. The molecule has 0 fully saturated rings. The Morgan fingerprint density at radius 3 is 2.74 bits per heavy atom. The second-order valence-corrected chi connectivity index (χ2v) is 5.73. The highest BCUT2D eigenvalue weighted by Gasteiger charge is 2.34. The highest BCUT2D eigenvalue weighted by molar-refractivity contribution is 5.96. The van der Waals surface area contributed by atoms with Gasteiger partial charge in [-0.15, -0.1) is 0 Å². The zero-order valence-corrected chi connectivity index (χ0v) is 13.3. The molecule has 6 nitrogen and oxygen atoms in total. The van der Waals surface area contributed by atoms with Gasteiger partial charge in [0.05, 0.1) is 18.6 Å². The van der Waals surface area contributed by atoms with Crippen LogP contribution in [0.1, 0.15) is 33.1 Å². The zero-order chi connectivity index (χ0) is 17.1. The van der Waals surface area contributed by atoms with E-state index in [4.69, 9.17) is 9.47 Å². The van der Waals surface area contributed by atoms with Gasteiger partial charge in [0.2, 0.25) is 0 Å². The summed E-state index contributed by atoms with van der Waals surface area (Å²) in [5.74, 6) is -1.23. The van der Waals surface area contributed by atoms with E-state index in [1.165, 1.54) is 6.92 Å². The molecule has 1 aliphatic carbocycles. The summed E-state index contributed by atoms with van der Waals surface area (Å²) in [5.41, 5.74) is 1.90. The molecule has 0 unspecified atom stereocenters. The summed E-state index contributed by atoms with van der Waals surface area (Å²) >= 11 is 0. The van der Waals surface area contributed by atoms with Crippen molar-refractivity contribution in [3.8, 4) is 0 Å². The first-order valence-corrected chi connectivity index (χ1v) is 7.43. The molecular weight excluding hydrogens is 300 g/mol. The molecule has 2 aliphatic rings. The van der Waals surface area contributed by atoms with Crippen LogP contribution in [0, 0.1) is 0 Å². The van der Waals surface area contributed by atoms with E-state index >= 15 is 0 Å². The van der Waals surface area contributed by atoms with E-state index in [9.17, 15) is 19.5 Å². The second kappa shape index (κ2) is 6.91. The SMILES string of the molecule is C=C1CCC2=C(CO)C(=O)O[C@@H]2/C=C(\C)[C@H](OC(C)=O)CC1=O. The molecule has 124 valence electrons. The first-order chi connectivity index (χ1) is 10.8. The Balaban J connectivity index is 2.43. The number of hydrogen-bond acceptors (Lipinski definition) is 6. The molecule has 1 heterocycles. The zero-order valence-electron chi connectivity index (χ0n) is 13.3. The number of aliphatic hydroxyl groups is 1. The van der Waals surface area contributed by atoms with Crippen molar-refractivity contribution in [1.29, 1.82) is 0 Å². The van der Waals surface area contributed by atoms with Crippen LogP contribution in [0.2, 0.25) is 0 Å². The molecule has 1 aliphatic heterocycles. The Morgan fingerprint density at radius 1 is 1.43 bits per heavy atom. The van der Waals surface area contributed by atoms with Crippen LogP contribution >= 0.6 is 0 Å². The summed E-state index contributed by atoms with van der Waals surface area (Å²) < 4.78 is 10.5. The van der Waals surface area contributed by atoms with Gasteiger partial charge in [0.1, 0.15) is 12.2 Å². The van der Waals surface area contributed by atoms with Crippen molar-refractivity contribution < 1.29 is 29.0 Å². The first kappa shape index (κ1) is 17.1. The van der Waals surface area contributed by atoms with Crippen LogP contribution in [-0.4, -0.2) is 41.6 Å². The number of Topliss-reactive ketones (excluding diaryl/α,β-unsaturated/α-hetero) is 1. The third kappa shape index (κ3) is 3.76. The fraction of sp³-hybridized carbons (Fsp3) is 0.471. The third-order valence-electron chi connectivity index (χ3n) is 4.06. The molecule has 0 aromatic heterocycles. The van der Waals surface area contributed by atoms with Crippen molar-refractivity contribution in [3.63, 3.8) is 0 Å². The van der Waals surface area contributed by atoms with Crippen molar-refractivity contribution in [3.05, 3.63) is 34.9 Å². The molecule has 0 bridgehead atoms. The maximum absolute atomic E-state index is 12.2. The summed E-state index contributed by atoms with van der Waals surface area (Å²) in [5, 5.41) is 9.38. The molecule has 0 spiro atoms. The van der Waals surface area contributed by atoms with Crippen molar-refractivity contribution in [2.24, 2.45) is 0 Å². The minimum absolute atomic E-state index is 0.0211. The Hall–Kier alpha value is -2.21. The number of aliphatic hydroxyl groups excluding tert-OH is 1. The Bertz CT molecular complexity index is 625. The lowest BCUT2D eigenvalue weighted by Gasteiger charge is -2.21. The van der Waals surface area contributed by atoms with Crippen molar-refractivity contribution in [2.45, 2.75) is 45.3 Å². The predicted octanol–water partition coefficient (Wildman–Crippen LogP) is 1.39. The number of ether oxygens (including phenoxy) is 2. The van der Waals surface area contributed by atoms with Crippen LogP contribution in [0.5, 0.6) is 0 Å². The summed E-state index contributed by atoms with van der Waals surface area (Å²) in [7, 11) is 0. The average molecular weight is 320 g/mol. The van der Waals surface area contributed by atoms with Gasteiger partial charge in [-0.1, -0.05) is 6.58 Å². The number of ketones is 1. The number of carbonyl (C=O) groups is 3. The van der Waals surface area contributed by atoms with Gasteiger partial charge in [-0.3, -0.25) is 9.59 Å². The van der Waals surface area contributed by atoms with Crippen molar-refractivity contribution >= 4 is 17.7 Å². The fourth-order valence-corrected chi connectivity index (χ4v) is 2.73. The topological polar surface area (TPSA) is 89.9 Å². The predicted molar refractivity (Wildman–Crippen MR) is 81.3 cm³/mol. The van der Waals surface area contributed by atoms with Crippen LogP contribution in [0.4, 0.5) is 0 Å². The molecule has 0 radical (unpaired) electrons. The second-order valence-electron chi connectivity index (χ2n) is 5.73. The summed E-state index contributed by atoms with van der Waals surface area (Å²) in [6.07, 6.45) is 1.15. The Kier molecular flexibility index (Phi) is 5.15. The van der Waals surface area contributed by atoms with Crippen LogP contribution in [0.15, 0.2) is 34.9 Å². The normalized spacial score (nSPS) is 28.0. The van der Waals surface area contributed by atoms with Crippen molar-refractivity contribution in [2.75, 3.05) is 6.61 Å². The summed E-state index contributed by atoms with van der Waals surface area (Å²) in [6, 6.07) is 0. The molecule has 2 rings (SSSR count). The molecule has 23 heavy (non-hydrogen) atoms. The maximum Gasteiger partial charge on any atom is 0.337 e. The van der Waals surface area contributed by atoms with Crippen molar-refractivity contribution in [1.82, 2.24) is 0 Å². The van der Waals surface area contributed by atoms with Gasteiger partial charge >= 0.3 is 11.9 Å². The summed E-state index contributed by atoms with van der Waals surface area (Å²) in [4.78, 5) is 35.3. The molecule has 0 saturated heterocycles. The third-order valence-corrected chi connectivity index (χ3v) is 4.06. The van der Waals surface area contributed by atoms with Gasteiger partial charge in [0, 0.05) is 6.92 Å². The molecule has 0 saturated carbocycles. The lowest BCUT2D eigenvalue weighted by molar-refractivity contribution is -0.146. The smallest absolute Gasteiger partial charge is 0.337 e. The van der Waals surface area contributed by atoms with E-state index < -0.39 is 30.8 Å². The van der Waals surface area contributed by atoms with E-state index in [2.05, 4.69) is 6.58 Å².